The normalized spacial score (nSPS) is 14.8. The SMILES string of the molecule is CC(/C=C(/C)O[Si-2]([N+]#CS)([N+]#CS)([N+]#CS)([N+]#CS)O/C(C)=C\C(C)=NC(C)C)=NC(C)C. The molecule has 0 amide bonds. The Labute approximate surface area is 218 Å². The number of nitrogens with zero attached hydrogens (tertiary/aromatic N) is 6. The van der Waals surface area contributed by atoms with Crippen LogP contribution < -0.4 is 0 Å². The number of rotatable bonds is 8. The van der Waals surface area contributed by atoms with E-state index in [2.05, 4.69) is 100 Å². The number of hydrogen-bond donors (Lipinski definition) is 4. The van der Waals surface area contributed by atoms with Crippen LogP contribution in [0.2, 0.25) is 0 Å². The fraction of sp³-hybridized carbons (Fsp3) is 0.500. The van der Waals surface area contributed by atoms with Crippen LogP contribution in [0.4, 0.5) is 0 Å². The van der Waals surface area contributed by atoms with E-state index in [-0.39, 0.29) is 23.6 Å². The van der Waals surface area contributed by atoms with Gasteiger partial charge in [-0.3, -0.25) is 0 Å². The molecule has 0 aliphatic rings. The van der Waals surface area contributed by atoms with Gasteiger partial charge in [0.05, 0.1) is 0 Å². The van der Waals surface area contributed by atoms with Crippen molar-refractivity contribution in [3.63, 3.8) is 0 Å². The van der Waals surface area contributed by atoms with Crippen molar-refractivity contribution < 1.29 is 8.85 Å². The monoisotopic (exact) mass is 544 g/mol. The summed E-state index contributed by atoms with van der Waals surface area (Å²) >= 11 is 16.1. The summed E-state index contributed by atoms with van der Waals surface area (Å²) in [5, 5.41) is 9.39. The number of thiol groups is 4. The molecular weight excluding hydrogens is 513 g/mol. The van der Waals surface area contributed by atoms with E-state index in [9.17, 15) is 0 Å². The van der Waals surface area contributed by atoms with Crippen molar-refractivity contribution in [2.24, 2.45) is 9.98 Å². The standard InChI is InChI=1S/C20H32N6O2S4Si/c1-15(2)25-17(5)9-19(7)27-33(21-11-29,22-12-30,23-13-31,24-14-32)28-20(8)10-18(6)26-16(3)4/h9-10,15-16,29-32H,1-8H3/q+2/b19-9-,20-10-,25-17?,26-18?. The molecule has 0 bridgehead atoms. The average molecular weight is 545 g/mol. The van der Waals surface area contributed by atoms with Gasteiger partial charge in [0.15, 0.2) is 0 Å². The summed E-state index contributed by atoms with van der Waals surface area (Å²) in [5.74, 6) is 0.530. The van der Waals surface area contributed by atoms with Crippen molar-refractivity contribution in [1.82, 2.24) is 0 Å². The molecule has 13 heteroatoms. The van der Waals surface area contributed by atoms with E-state index >= 15 is 0 Å². The van der Waals surface area contributed by atoms with Gasteiger partial charge in [-0.15, -0.1) is 0 Å². The van der Waals surface area contributed by atoms with E-state index in [1.54, 1.807) is 26.0 Å². The Balaban J connectivity index is 7.51. The van der Waals surface area contributed by atoms with Crippen LogP contribution in [0.5, 0.6) is 0 Å². The number of aliphatic imine (C=N–C) groups is 2. The van der Waals surface area contributed by atoms with Gasteiger partial charge in [0.25, 0.3) is 0 Å². The zero-order valence-corrected chi connectivity index (χ0v) is 24.7. The van der Waals surface area contributed by atoms with Crippen LogP contribution in [0.25, 0.3) is 18.0 Å². The van der Waals surface area contributed by atoms with Gasteiger partial charge >= 0.3 is 219 Å². The molecular formula is C20H32N6O2S4Si+2. The minimum atomic E-state index is -6.29. The van der Waals surface area contributed by atoms with Gasteiger partial charge in [-0.1, -0.05) is 0 Å². The maximum absolute atomic E-state index is 6.29. The van der Waals surface area contributed by atoms with E-state index in [1.807, 2.05) is 41.5 Å². The molecule has 0 aliphatic heterocycles. The van der Waals surface area contributed by atoms with Gasteiger partial charge in [-0.25, -0.2) is 0 Å². The van der Waals surface area contributed by atoms with E-state index in [0.717, 1.165) is 0 Å². The third-order valence-corrected chi connectivity index (χ3v) is 8.75. The molecule has 0 heterocycles. The zero-order chi connectivity index (χ0) is 25.8. The summed E-state index contributed by atoms with van der Waals surface area (Å²) in [5.41, 5.74) is 1.36. The molecule has 0 N–H and O–H groups in total. The van der Waals surface area contributed by atoms with Crippen LogP contribution in [-0.2, 0) is 8.85 Å². The Bertz CT molecular complexity index is 1000. The van der Waals surface area contributed by atoms with Crippen LogP contribution in [-0.4, -0.2) is 31.3 Å². The van der Waals surface area contributed by atoms with E-state index < -0.39 is 7.76 Å². The van der Waals surface area contributed by atoms with E-state index in [1.165, 1.54) is 0 Å². The van der Waals surface area contributed by atoms with Gasteiger partial charge in [0.1, 0.15) is 0 Å². The molecule has 0 aromatic rings. The van der Waals surface area contributed by atoms with Gasteiger partial charge in [0.2, 0.25) is 0 Å². The zero-order valence-electron chi connectivity index (χ0n) is 20.1. The predicted octanol–water partition coefficient (Wildman–Crippen LogP) is 6.78. The molecule has 0 fully saturated rings. The summed E-state index contributed by atoms with van der Waals surface area (Å²) in [6, 6.07) is 0.149. The molecule has 0 radical (unpaired) electrons. The van der Waals surface area contributed by atoms with Gasteiger partial charge in [-0.05, 0) is 0 Å². The maximum atomic E-state index is 6.28. The summed E-state index contributed by atoms with van der Waals surface area (Å²) in [6.45, 7) is 14.7. The third-order valence-electron chi connectivity index (χ3n) is 3.68. The van der Waals surface area contributed by atoms with Gasteiger partial charge in [0, 0.05) is 0 Å². The van der Waals surface area contributed by atoms with Crippen molar-refractivity contribution in [1.29, 1.82) is 0 Å². The van der Waals surface area contributed by atoms with Crippen LogP contribution in [0, 0.1) is 21.6 Å². The molecule has 180 valence electrons. The topological polar surface area (TPSA) is 60.6 Å². The molecule has 8 nitrogen and oxygen atoms in total. The van der Waals surface area contributed by atoms with Crippen molar-refractivity contribution in [2.75, 3.05) is 0 Å². The fourth-order valence-corrected chi connectivity index (χ4v) is 8.72. The van der Waals surface area contributed by atoms with Gasteiger partial charge in [-0.2, -0.15) is 0 Å². The number of hydrogen-bond acceptors (Lipinski definition) is 8. The van der Waals surface area contributed by atoms with Crippen LogP contribution in [0.3, 0.4) is 0 Å². The molecule has 0 rings (SSSR count). The molecule has 0 saturated heterocycles. The second kappa shape index (κ2) is 12.5. The first-order chi connectivity index (χ1) is 15.3. The first kappa shape index (κ1) is 31.0. The first-order valence-electron chi connectivity index (χ1n) is 9.93. The second-order valence-electron chi connectivity index (χ2n) is 7.70. The predicted molar refractivity (Wildman–Crippen MR) is 157 cm³/mol. The number of allylic oxidation sites excluding steroid dienone is 4. The Morgan fingerprint density at radius 1 is 0.667 bits per heavy atom. The van der Waals surface area contributed by atoms with Crippen molar-refractivity contribution in [3.05, 3.63) is 41.7 Å². The Hall–Kier alpha value is -2.00. The molecule has 0 aromatic carbocycles. The van der Waals surface area contributed by atoms with Crippen LogP contribution in [0.1, 0.15) is 55.4 Å². The fourth-order valence-electron chi connectivity index (χ4n) is 3.03. The first-order valence-corrected chi connectivity index (χ1v) is 14.3. The van der Waals surface area contributed by atoms with Crippen LogP contribution >= 0.6 is 50.5 Å². The molecule has 0 saturated carbocycles. The average Bonchev–Trinajstić information content (AvgIpc) is 2.60. The quantitative estimate of drug-likeness (QED) is 0.0895. The van der Waals surface area contributed by atoms with Crippen molar-refractivity contribution >= 4 is 69.7 Å². The molecule has 0 aromatic heterocycles. The third kappa shape index (κ3) is 8.70. The van der Waals surface area contributed by atoms with E-state index in [0.29, 0.717) is 11.4 Å². The summed E-state index contributed by atoms with van der Waals surface area (Å²) in [6.07, 6.45) is 3.32. The molecule has 0 spiro atoms. The number of thiocyanates is 4. The summed E-state index contributed by atoms with van der Waals surface area (Å²) in [7, 11) is -6.29. The van der Waals surface area contributed by atoms with E-state index in [4.69, 9.17) is 8.85 Å². The molecule has 0 unspecified atom stereocenters. The Morgan fingerprint density at radius 2 is 0.939 bits per heavy atom. The van der Waals surface area contributed by atoms with Crippen LogP contribution in [0.15, 0.2) is 33.7 Å². The second-order valence-corrected chi connectivity index (χ2v) is 12.6. The van der Waals surface area contributed by atoms with Crippen molar-refractivity contribution in [3.8, 4) is 21.6 Å². The Kier molecular flexibility index (Phi) is 11.7. The minimum absolute atomic E-state index is 0.0743. The van der Waals surface area contributed by atoms with Crippen molar-refractivity contribution in [2.45, 2.75) is 67.5 Å². The molecule has 0 aliphatic carbocycles. The molecule has 0 atom stereocenters. The summed E-state index contributed by atoms with van der Waals surface area (Å²) < 4.78 is 29.5. The Morgan fingerprint density at radius 3 is 1.15 bits per heavy atom. The molecule has 33 heavy (non-hydrogen) atoms. The summed E-state index contributed by atoms with van der Waals surface area (Å²) in [4.78, 5) is 8.94. The van der Waals surface area contributed by atoms with Gasteiger partial charge < -0.3 is 0 Å².